The Morgan fingerprint density at radius 2 is 1.78 bits per heavy atom. The summed E-state index contributed by atoms with van der Waals surface area (Å²) in [6, 6.07) is 24.9. The van der Waals surface area contributed by atoms with Crippen molar-refractivity contribution in [1.29, 1.82) is 0 Å². The lowest BCUT2D eigenvalue weighted by atomic mass is 9.97. The van der Waals surface area contributed by atoms with Gasteiger partial charge in [-0.05, 0) is 66.1 Å². The molecule has 6 heteroatoms. The quantitative estimate of drug-likeness (QED) is 0.246. The van der Waals surface area contributed by atoms with Gasteiger partial charge < -0.3 is 20.2 Å². The van der Waals surface area contributed by atoms with E-state index in [9.17, 15) is 9.59 Å². The Bertz CT molecular complexity index is 1680. The molecule has 0 radical (unpaired) electrons. The molecule has 0 unspecified atom stereocenters. The first kappa shape index (κ1) is 23.9. The molecule has 5 rings (SSSR count). The van der Waals surface area contributed by atoms with Gasteiger partial charge in [-0.2, -0.15) is 0 Å². The van der Waals surface area contributed by atoms with Crippen molar-refractivity contribution in [3.63, 3.8) is 0 Å². The molecule has 0 fully saturated rings. The smallest absolute Gasteiger partial charge is 0.248 e. The lowest BCUT2D eigenvalue weighted by Crippen LogP contribution is -2.13. The number of ether oxygens (including phenoxy) is 1. The van der Waals surface area contributed by atoms with Crippen molar-refractivity contribution in [1.82, 2.24) is 0 Å². The molecule has 0 aliphatic rings. The number of hydrogen-bond acceptors (Lipinski definition) is 4. The van der Waals surface area contributed by atoms with Crippen LogP contribution in [0, 0.1) is 0 Å². The molecule has 0 spiro atoms. The van der Waals surface area contributed by atoms with Crippen LogP contribution in [-0.2, 0) is 4.79 Å². The summed E-state index contributed by atoms with van der Waals surface area (Å²) in [7, 11) is 0. The van der Waals surface area contributed by atoms with Crippen molar-refractivity contribution in [2.75, 3.05) is 11.9 Å². The number of furan rings is 1. The molecule has 4 aromatic carbocycles. The second-order valence-electron chi connectivity index (χ2n) is 8.75. The monoisotopic (exact) mass is 490 g/mol. The van der Waals surface area contributed by atoms with Crippen molar-refractivity contribution < 1.29 is 18.7 Å². The molecule has 1 aromatic heterocycles. The zero-order valence-corrected chi connectivity index (χ0v) is 20.6. The van der Waals surface area contributed by atoms with Crippen molar-refractivity contribution in [3.8, 4) is 16.9 Å². The van der Waals surface area contributed by atoms with Crippen LogP contribution in [0.5, 0.6) is 5.75 Å². The van der Waals surface area contributed by atoms with Crippen LogP contribution in [0.15, 0.2) is 95.6 Å². The molecule has 0 saturated carbocycles. The van der Waals surface area contributed by atoms with Gasteiger partial charge in [-0.15, -0.1) is 0 Å². The minimum Gasteiger partial charge on any atom is -0.493 e. The molecule has 0 atom stereocenters. The lowest BCUT2D eigenvalue weighted by Gasteiger charge is -2.12. The first-order valence-electron chi connectivity index (χ1n) is 12.0. The molecule has 1 heterocycles. The zero-order valence-electron chi connectivity index (χ0n) is 20.6. The number of nitrogens with one attached hydrogen (secondary N) is 1. The Kier molecular flexibility index (Phi) is 6.47. The summed E-state index contributed by atoms with van der Waals surface area (Å²) in [6.07, 6.45) is 3.27. The number of primary amides is 1. The van der Waals surface area contributed by atoms with Gasteiger partial charge in [-0.1, -0.05) is 42.5 Å². The van der Waals surface area contributed by atoms with Crippen LogP contribution in [0.4, 0.5) is 5.69 Å². The Hall–Kier alpha value is -4.84. The number of carbonyl (C=O) groups is 2. The van der Waals surface area contributed by atoms with Gasteiger partial charge in [0.25, 0.3) is 0 Å². The van der Waals surface area contributed by atoms with Gasteiger partial charge in [0, 0.05) is 39.9 Å². The summed E-state index contributed by atoms with van der Waals surface area (Å²) in [5, 5.41) is 6.04. The van der Waals surface area contributed by atoms with Gasteiger partial charge in [0.2, 0.25) is 11.8 Å². The van der Waals surface area contributed by atoms with Crippen LogP contribution >= 0.6 is 0 Å². The number of anilines is 1. The highest BCUT2D eigenvalue weighted by Crippen LogP contribution is 2.38. The molecular formula is C31H26N2O4. The van der Waals surface area contributed by atoms with E-state index in [0.717, 1.165) is 33.0 Å². The first-order chi connectivity index (χ1) is 17.9. The number of nitrogens with two attached hydrogens (primary N) is 1. The van der Waals surface area contributed by atoms with E-state index in [2.05, 4.69) is 35.6 Å². The molecular weight excluding hydrogens is 464 g/mol. The van der Waals surface area contributed by atoms with Crippen LogP contribution in [0.25, 0.3) is 38.4 Å². The number of hydrogen-bond donors (Lipinski definition) is 2. The number of fused-ring (bicyclic) bond motifs is 2. The lowest BCUT2D eigenvalue weighted by molar-refractivity contribution is -0.111. The number of amides is 2. The maximum Gasteiger partial charge on any atom is 0.248 e. The van der Waals surface area contributed by atoms with Gasteiger partial charge in [-0.3, -0.25) is 9.59 Å². The fourth-order valence-corrected chi connectivity index (χ4v) is 4.42. The summed E-state index contributed by atoms with van der Waals surface area (Å²) in [5.41, 5.74) is 10.4. The zero-order chi connectivity index (χ0) is 25.9. The molecule has 3 N–H and O–H groups in total. The first-order valence-corrected chi connectivity index (χ1v) is 12.0. The highest BCUT2D eigenvalue weighted by molar-refractivity contribution is 6.06. The standard InChI is InChI=1S/C31H26N2O4/c1-3-36-28-17-29-26(27(18-37-29)22-12-11-20-7-4-5-8-21(20)14-22)16-25(28)19(2)13-30(34)33-24-10-6-9-23(15-24)31(32)35/h4-18H,3H2,1-2H3,(H2,32,35)(H,33,34)/b19-13+. The third-order valence-corrected chi connectivity index (χ3v) is 6.22. The summed E-state index contributed by atoms with van der Waals surface area (Å²) in [4.78, 5) is 24.3. The Morgan fingerprint density at radius 1 is 0.973 bits per heavy atom. The third kappa shape index (κ3) is 4.95. The van der Waals surface area contributed by atoms with E-state index in [1.807, 2.05) is 38.1 Å². The van der Waals surface area contributed by atoms with Gasteiger partial charge in [-0.25, -0.2) is 0 Å². The summed E-state index contributed by atoms with van der Waals surface area (Å²) in [5.74, 6) is -0.255. The van der Waals surface area contributed by atoms with E-state index >= 15 is 0 Å². The van der Waals surface area contributed by atoms with Crippen molar-refractivity contribution in [2.24, 2.45) is 5.73 Å². The van der Waals surface area contributed by atoms with E-state index < -0.39 is 5.91 Å². The average Bonchev–Trinajstić information content (AvgIpc) is 3.31. The summed E-state index contributed by atoms with van der Waals surface area (Å²) < 4.78 is 11.8. The molecule has 37 heavy (non-hydrogen) atoms. The topological polar surface area (TPSA) is 94.6 Å². The second-order valence-corrected chi connectivity index (χ2v) is 8.75. The van der Waals surface area contributed by atoms with Gasteiger partial charge >= 0.3 is 0 Å². The van der Waals surface area contributed by atoms with Gasteiger partial charge in [0.15, 0.2) is 0 Å². The van der Waals surface area contributed by atoms with Crippen LogP contribution in [0.1, 0.15) is 29.8 Å². The molecule has 5 aromatic rings. The van der Waals surface area contributed by atoms with E-state index in [0.29, 0.717) is 29.2 Å². The van der Waals surface area contributed by atoms with Crippen LogP contribution in [0.2, 0.25) is 0 Å². The predicted molar refractivity (Wildman–Crippen MR) is 148 cm³/mol. The van der Waals surface area contributed by atoms with E-state index in [-0.39, 0.29) is 5.91 Å². The predicted octanol–water partition coefficient (Wildman–Crippen LogP) is 6.79. The second kappa shape index (κ2) is 10.0. The molecule has 184 valence electrons. The molecule has 0 bridgehead atoms. The Balaban J connectivity index is 1.52. The van der Waals surface area contributed by atoms with Gasteiger partial charge in [0.1, 0.15) is 11.3 Å². The Morgan fingerprint density at radius 3 is 2.57 bits per heavy atom. The number of rotatable bonds is 7. The Labute approximate surface area is 214 Å². The fourth-order valence-electron chi connectivity index (χ4n) is 4.42. The molecule has 0 saturated heterocycles. The van der Waals surface area contributed by atoms with Crippen LogP contribution in [-0.4, -0.2) is 18.4 Å². The highest BCUT2D eigenvalue weighted by atomic mass is 16.5. The maximum atomic E-state index is 12.8. The van der Waals surface area contributed by atoms with Gasteiger partial charge in [0.05, 0.1) is 12.9 Å². The van der Waals surface area contributed by atoms with Crippen LogP contribution in [0.3, 0.4) is 0 Å². The maximum absolute atomic E-state index is 12.8. The van der Waals surface area contributed by atoms with Crippen molar-refractivity contribution >= 4 is 44.8 Å². The molecule has 2 amide bonds. The number of carbonyl (C=O) groups excluding carboxylic acids is 2. The summed E-state index contributed by atoms with van der Waals surface area (Å²) in [6.45, 7) is 4.24. The van der Waals surface area contributed by atoms with E-state index in [4.69, 9.17) is 14.9 Å². The number of benzene rings is 4. The minimum absolute atomic E-state index is 0.323. The minimum atomic E-state index is -0.556. The van der Waals surface area contributed by atoms with E-state index in [1.54, 1.807) is 30.5 Å². The van der Waals surface area contributed by atoms with Crippen molar-refractivity contribution in [3.05, 3.63) is 102 Å². The SMILES string of the molecule is CCOc1cc2occ(-c3ccc4ccccc4c3)c2cc1/C(C)=C/C(=O)Nc1cccc(C(N)=O)c1. The van der Waals surface area contributed by atoms with Crippen molar-refractivity contribution in [2.45, 2.75) is 13.8 Å². The number of allylic oxidation sites excluding steroid dienone is 1. The molecule has 6 nitrogen and oxygen atoms in total. The largest absolute Gasteiger partial charge is 0.493 e. The van der Waals surface area contributed by atoms with Crippen LogP contribution < -0.4 is 15.8 Å². The normalized spacial score (nSPS) is 11.6. The molecule has 0 aliphatic carbocycles. The fraction of sp³-hybridized carbons (Fsp3) is 0.0968. The highest BCUT2D eigenvalue weighted by Gasteiger charge is 2.16. The third-order valence-electron chi connectivity index (χ3n) is 6.22. The van der Waals surface area contributed by atoms with E-state index in [1.165, 1.54) is 11.5 Å². The summed E-state index contributed by atoms with van der Waals surface area (Å²) >= 11 is 0. The average molecular weight is 491 g/mol. The molecule has 0 aliphatic heterocycles.